The van der Waals surface area contributed by atoms with Crippen molar-refractivity contribution in [3.63, 3.8) is 0 Å². The molecule has 6 heteroatoms. The SMILES string of the molecule is CCCCN(C(=O)c1sc(NC2CC2)nc1N)C1CC1. The number of thiazole rings is 1. The van der Waals surface area contributed by atoms with Gasteiger partial charge >= 0.3 is 0 Å². The molecular formula is C14H22N4OS. The van der Waals surface area contributed by atoms with Gasteiger partial charge in [-0.1, -0.05) is 24.7 Å². The third kappa shape index (κ3) is 3.06. The van der Waals surface area contributed by atoms with Crippen molar-refractivity contribution in [2.75, 3.05) is 17.6 Å². The molecule has 0 spiro atoms. The number of carbonyl (C=O) groups is 1. The maximum atomic E-state index is 12.7. The molecule has 0 saturated heterocycles. The van der Waals surface area contributed by atoms with Crippen LogP contribution in [0.4, 0.5) is 10.9 Å². The van der Waals surface area contributed by atoms with Crippen molar-refractivity contribution in [2.24, 2.45) is 0 Å². The molecule has 0 radical (unpaired) electrons. The van der Waals surface area contributed by atoms with E-state index in [9.17, 15) is 4.79 Å². The van der Waals surface area contributed by atoms with Gasteiger partial charge in [0.25, 0.3) is 5.91 Å². The third-order valence-corrected chi connectivity index (χ3v) is 4.74. The van der Waals surface area contributed by atoms with Crippen LogP contribution >= 0.6 is 11.3 Å². The van der Waals surface area contributed by atoms with Crippen LogP contribution in [0.5, 0.6) is 0 Å². The van der Waals surface area contributed by atoms with Gasteiger partial charge in [-0.25, -0.2) is 4.98 Å². The lowest BCUT2D eigenvalue weighted by atomic mass is 10.3. The Morgan fingerprint density at radius 1 is 1.45 bits per heavy atom. The van der Waals surface area contributed by atoms with Crippen LogP contribution < -0.4 is 11.1 Å². The Bertz CT molecular complexity index is 493. The average Bonchev–Trinajstić information content (AvgIpc) is 3.31. The first-order valence-corrected chi connectivity index (χ1v) is 8.34. The van der Waals surface area contributed by atoms with Crippen LogP contribution in [0.2, 0.25) is 0 Å². The van der Waals surface area contributed by atoms with Crippen LogP contribution in [0, 0.1) is 0 Å². The first-order chi connectivity index (χ1) is 9.69. The molecule has 0 unspecified atom stereocenters. The number of nitrogens with one attached hydrogen (secondary N) is 1. The predicted octanol–water partition coefficient (Wildman–Crippen LogP) is 2.70. The van der Waals surface area contributed by atoms with Crippen LogP contribution in [0.25, 0.3) is 0 Å². The molecule has 5 nitrogen and oxygen atoms in total. The van der Waals surface area contributed by atoms with Crippen molar-refractivity contribution >= 4 is 28.2 Å². The number of amides is 1. The zero-order valence-electron chi connectivity index (χ0n) is 11.9. The maximum absolute atomic E-state index is 12.7. The summed E-state index contributed by atoms with van der Waals surface area (Å²) in [6.07, 6.45) is 6.78. The minimum Gasteiger partial charge on any atom is -0.382 e. The Kier molecular flexibility index (Phi) is 3.83. The zero-order valence-corrected chi connectivity index (χ0v) is 12.7. The number of nitrogens with zero attached hydrogens (tertiary/aromatic N) is 2. The molecule has 1 amide bonds. The lowest BCUT2D eigenvalue weighted by Gasteiger charge is -2.21. The summed E-state index contributed by atoms with van der Waals surface area (Å²) in [4.78, 5) is 19.6. The second-order valence-electron chi connectivity index (χ2n) is 5.74. The summed E-state index contributed by atoms with van der Waals surface area (Å²) in [5, 5.41) is 4.11. The molecule has 2 aliphatic carbocycles. The molecular weight excluding hydrogens is 272 g/mol. The summed E-state index contributed by atoms with van der Waals surface area (Å²) in [7, 11) is 0. The Balaban J connectivity index is 1.71. The van der Waals surface area contributed by atoms with E-state index in [1.807, 2.05) is 4.90 Å². The van der Waals surface area contributed by atoms with E-state index in [2.05, 4.69) is 17.2 Å². The summed E-state index contributed by atoms with van der Waals surface area (Å²) in [5.74, 6) is 0.449. The Morgan fingerprint density at radius 3 is 2.80 bits per heavy atom. The number of hydrogen-bond acceptors (Lipinski definition) is 5. The Labute approximate surface area is 123 Å². The lowest BCUT2D eigenvalue weighted by Crippen LogP contribution is -2.33. The van der Waals surface area contributed by atoms with Crippen LogP contribution in [0.1, 0.15) is 55.1 Å². The number of unbranched alkanes of at least 4 members (excludes halogenated alkanes) is 1. The van der Waals surface area contributed by atoms with E-state index < -0.39 is 0 Å². The molecule has 2 saturated carbocycles. The predicted molar refractivity (Wildman–Crippen MR) is 82.1 cm³/mol. The standard InChI is InChI=1S/C14H22N4OS/c1-2-3-8-18(10-6-7-10)13(19)11-12(15)17-14(20-11)16-9-4-5-9/h9-10H,2-8,15H2,1H3,(H,16,17). The molecule has 2 fully saturated rings. The summed E-state index contributed by atoms with van der Waals surface area (Å²) in [6, 6.07) is 0.957. The fourth-order valence-electron chi connectivity index (χ4n) is 2.24. The molecule has 20 heavy (non-hydrogen) atoms. The van der Waals surface area contributed by atoms with E-state index in [0.29, 0.717) is 22.8 Å². The van der Waals surface area contributed by atoms with Gasteiger partial charge in [0.15, 0.2) is 5.13 Å². The number of nitrogens with two attached hydrogens (primary N) is 1. The normalized spacial score (nSPS) is 18.1. The Hall–Kier alpha value is -1.30. The summed E-state index contributed by atoms with van der Waals surface area (Å²) in [5.41, 5.74) is 5.94. The number of aromatic nitrogens is 1. The van der Waals surface area contributed by atoms with Gasteiger partial charge in [0, 0.05) is 18.6 Å². The minimum absolute atomic E-state index is 0.0693. The number of rotatable bonds is 7. The maximum Gasteiger partial charge on any atom is 0.268 e. The molecule has 0 bridgehead atoms. The highest BCUT2D eigenvalue weighted by atomic mass is 32.1. The van der Waals surface area contributed by atoms with Gasteiger partial charge in [-0.3, -0.25) is 4.79 Å². The monoisotopic (exact) mass is 294 g/mol. The fraction of sp³-hybridized carbons (Fsp3) is 0.714. The average molecular weight is 294 g/mol. The van der Waals surface area contributed by atoms with E-state index in [1.165, 1.54) is 24.2 Å². The van der Waals surface area contributed by atoms with Crippen LogP contribution in [0.15, 0.2) is 0 Å². The van der Waals surface area contributed by atoms with Gasteiger partial charge in [-0.15, -0.1) is 0 Å². The molecule has 1 aromatic rings. The van der Waals surface area contributed by atoms with E-state index in [4.69, 9.17) is 5.73 Å². The number of carbonyl (C=O) groups excluding carboxylic acids is 1. The van der Waals surface area contributed by atoms with E-state index in [-0.39, 0.29) is 5.91 Å². The minimum atomic E-state index is 0.0693. The fourth-order valence-corrected chi connectivity index (χ4v) is 3.16. The molecule has 1 heterocycles. The van der Waals surface area contributed by atoms with Crippen molar-refractivity contribution in [3.05, 3.63) is 4.88 Å². The van der Waals surface area contributed by atoms with Gasteiger partial charge in [-0.2, -0.15) is 0 Å². The Morgan fingerprint density at radius 2 is 2.20 bits per heavy atom. The molecule has 110 valence electrons. The molecule has 2 aliphatic rings. The smallest absolute Gasteiger partial charge is 0.268 e. The van der Waals surface area contributed by atoms with Crippen molar-refractivity contribution in [3.8, 4) is 0 Å². The molecule has 0 aromatic carbocycles. The van der Waals surface area contributed by atoms with Crippen LogP contribution in [-0.4, -0.2) is 34.4 Å². The number of hydrogen-bond donors (Lipinski definition) is 2. The largest absolute Gasteiger partial charge is 0.382 e. The van der Waals surface area contributed by atoms with E-state index in [1.54, 1.807) is 0 Å². The van der Waals surface area contributed by atoms with E-state index in [0.717, 1.165) is 37.4 Å². The highest BCUT2D eigenvalue weighted by Crippen LogP contribution is 2.34. The van der Waals surface area contributed by atoms with Crippen molar-refractivity contribution in [1.82, 2.24) is 9.88 Å². The number of nitrogen functional groups attached to an aromatic ring is 1. The molecule has 3 N–H and O–H groups in total. The van der Waals surface area contributed by atoms with E-state index >= 15 is 0 Å². The van der Waals surface area contributed by atoms with Crippen molar-refractivity contribution in [1.29, 1.82) is 0 Å². The zero-order chi connectivity index (χ0) is 14.1. The van der Waals surface area contributed by atoms with Crippen molar-refractivity contribution < 1.29 is 4.79 Å². The van der Waals surface area contributed by atoms with Crippen LogP contribution in [0.3, 0.4) is 0 Å². The summed E-state index contributed by atoms with van der Waals surface area (Å²) < 4.78 is 0. The highest BCUT2D eigenvalue weighted by molar-refractivity contribution is 7.18. The molecule has 0 atom stereocenters. The second-order valence-corrected chi connectivity index (χ2v) is 6.73. The summed E-state index contributed by atoms with van der Waals surface area (Å²) >= 11 is 1.40. The first kappa shape index (κ1) is 13.7. The molecule has 1 aromatic heterocycles. The second kappa shape index (κ2) is 5.60. The van der Waals surface area contributed by atoms with Crippen LogP contribution in [-0.2, 0) is 0 Å². The lowest BCUT2D eigenvalue weighted by molar-refractivity contribution is 0.0746. The van der Waals surface area contributed by atoms with Gasteiger partial charge in [0.1, 0.15) is 10.7 Å². The molecule has 3 rings (SSSR count). The van der Waals surface area contributed by atoms with Gasteiger partial charge in [-0.05, 0) is 32.1 Å². The highest BCUT2D eigenvalue weighted by Gasteiger charge is 2.34. The third-order valence-electron chi connectivity index (χ3n) is 3.75. The number of anilines is 2. The van der Waals surface area contributed by atoms with Gasteiger partial charge in [0.2, 0.25) is 0 Å². The van der Waals surface area contributed by atoms with Gasteiger partial charge < -0.3 is 16.0 Å². The topological polar surface area (TPSA) is 71.2 Å². The van der Waals surface area contributed by atoms with Crippen molar-refractivity contribution in [2.45, 2.75) is 57.5 Å². The quantitative estimate of drug-likeness (QED) is 0.811. The molecule has 0 aliphatic heterocycles. The van der Waals surface area contributed by atoms with Gasteiger partial charge in [0.05, 0.1) is 0 Å². The summed E-state index contributed by atoms with van der Waals surface area (Å²) in [6.45, 7) is 2.98. The first-order valence-electron chi connectivity index (χ1n) is 7.53.